The Morgan fingerprint density at radius 3 is 2.43 bits per heavy atom. The number of carbonyl (C=O) groups is 1. The van der Waals surface area contributed by atoms with Gasteiger partial charge in [-0.2, -0.15) is 0 Å². The Bertz CT molecular complexity index is 306. The minimum atomic E-state index is -0.185. The van der Waals surface area contributed by atoms with Crippen molar-refractivity contribution in [3.05, 3.63) is 34.3 Å². The average molecular weight is 256 g/mol. The molecule has 0 unspecified atom stereocenters. The van der Waals surface area contributed by atoms with Crippen molar-refractivity contribution in [2.45, 2.75) is 25.8 Å². The maximum atomic E-state index is 10.3. The molecule has 0 aromatic heterocycles. The molecule has 1 rings (SSSR count). The SMILES string of the molecule is CC(C)(Cc1ccc(Br)cc1)NC=O. The van der Waals surface area contributed by atoms with Gasteiger partial charge in [0.15, 0.2) is 0 Å². The van der Waals surface area contributed by atoms with Crippen molar-refractivity contribution < 1.29 is 4.79 Å². The Labute approximate surface area is 92.8 Å². The molecule has 0 saturated heterocycles. The molecule has 0 bridgehead atoms. The van der Waals surface area contributed by atoms with E-state index in [-0.39, 0.29) is 5.54 Å². The van der Waals surface area contributed by atoms with Crippen molar-refractivity contribution in [2.75, 3.05) is 0 Å². The summed E-state index contributed by atoms with van der Waals surface area (Å²) in [6.45, 7) is 4.01. The number of halogens is 1. The van der Waals surface area contributed by atoms with Crippen LogP contribution >= 0.6 is 15.9 Å². The maximum Gasteiger partial charge on any atom is 0.207 e. The first-order valence-electron chi connectivity index (χ1n) is 4.49. The molecular weight excluding hydrogens is 242 g/mol. The summed E-state index contributed by atoms with van der Waals surface area (Å²) in [7, 11) is 0. The van der Waals surface area contributed by atoms with E-state index in [9.17, 15) is 4.79 Å². The predicted octanol–water partition coefficient (Wildman–Crippen LogP) is 2.52. The van der Waals surface area contributed by atoms with Crippen LogP contribution in [0.4, 0.5) is 0 Å². The van der Waals surface area contributed by atoms with Gasteiger partial charge in [-0.15, -0.1) is 0 Å². The van der Waals surface area contributed by atoms with Crippen molar-refractivity contribution in [2.24, 2.45) is 0 Å². The van der Waals surface area contributed by atoms with Gasteiger partial charge >= 0.3 is 0 Å². The number of hydrogen-bond acceptors (Lipinski definition) is 1. The first-order valence-corrected chi connectivity index (χ1v) is 5.28. The highest BCUT2D eigenvalue weighted by Crippen LogP contribution is 2.15. The quantitative estimate of drug-likeness (QED) is 0.824. The van der Waals surface area contributed by atoms with Crippen LogP contribution in [0.25, 0.3) is 0 Å². The highest BCUT2D eigenvalue weighted by atomic mass is 79.9. The molecule has 0 aliphatic carbocycles. The van der Waals surface area contributed by atoms with E-state index in [0.717, 1.165) is 17.3 Å². The zero-order valence-electron chi connectivity index (χ0n) is 8.38. The molecule has 76 valence electrons. The van der Waals surface area contributed by atoms with Gasteiger partial charge in [0.2, 0.25) is 6.41 Å². The van der Waals surface area contributed by atoms with Crippen LogP contribution in [0, 0.1) is 0 Å². The van der Waals surface area contributed by atoms with Crippen LogP contribution < -0.4 is 5.32 Å². The molecule has 1 aromatic carbocycles. The largest absolute Gasteiger partial charge is 0.353 e. The molecule has 1 N–H and O–H groups in total. The van der Waals surface area contributed by atoms with E-state index in [4.69, 9.17) is 0 Å². The summed E-state index contributed by atoms with van der Waals surface area (Å²) in [6.07, 6.45) is 1.58. The summed E-state index contributed by atoms with van der Waals surface area (Å²) in [5, 5.41) is 2.79. The van der Waals surface area contributed by atoms with Crippen molar-refractivity contribution in [1.82, 2.24) is 5.32 Å². The van der Waals surface area contributed by atoms with Crippen molar-refractivity contribution in [1.29, 1.82) is 0 Å². The molecular formula is C11H14BrNO. The summed E-state index contributed by atoms with van der Waals surface area (Å²) in [4.78, 5) is 10.3. The molecule has 0 aliphatic heterocycles. The van der Waals surface area contributed by atoms with E-state index in [0.29, 0.717) is 0 Å². The molecule has 2 nitrogen and oxygen atoms in total. The summed E-state index contributed by atoms with van der Waals surface area (Å²) in [6, 6.07) is 8.12. The molecule has 0 saturated carbocycles. The number of amides is 1. The summed E-state index contributed by atoms with van der Waals surface area (Å²) in [5.74, 6) is 0. The predicted molar refractivity (Wildman–Crippen MR) is 61.1 cm³/mol. The molecule has 0 spiro atoms. The Morgan fingerprint density at radius 2 is 1.93 bits per heavy atom. The van der Waals surface area contributed by atoms with Gasteiger partial charge in [0.1, 0.15) is 0 Å². The van der Waals surface area contributed by atoms with Crippen LogP contribution in [0.15, 0.2) is 28.7 Å². The fraction of sp³-hybridized carbons (Fsp3) is 0.364. The van der Waals surface area contributed by atoms with Gasteiger partial charge in [-0.1, -0.05) is 28.1 Å². The van der Waals surface area contributed by atoms with E-state index in [1.54, 1.807) is 0 Å². The van der Waals surface area contributed by atoms with Crippen LogP contribution in [-0.4, -0.2) is 11.9 Å². The van der Waals surface area contributed by atoms with Crippen LogP contribution in [0.5, 0.6) is 0 Å². The number of hydrogen-bond donors (Lipinski definition) is 1. The lowest BCUT2D eigenvalue weighted by Crippen LogP contribution is -2.40. The molecule has 1 aromatic rings. The van der Waals surface area contributed by atoms with Gasteiger partial charge in [-0.05, 0) is 38.0 Å². The van der Waals surface area contributed by atoms with E-state index < -0.39 is 0 Å². The Hall–Kier alpha value is -0.830. The van der Waals surface area contributed by atoms with Gasteiger partial charge < -0.3 is 5.32 Å². The number of carbonyl (C=O) groups excluding carboxylic acids is 1. The molecule has 3 heteroatoms. The molecule has 1 amide bonds. The highest BCUT2D eigenvalue weighted by Gasteiger charge is 2.16. The summed E-state index contributed by atoms with van der Waals surface area (Å²) < 4.78 is 1.07. The van der Waals surface area contributed by atoms with Gasteiger partial charge in [0.05, 0.1) is 0 Å². The normalized spacial score (nSPS) is 11.1. The van der Waals surface area contributed by atoms with E-state index >= 15 is 0 Å². The third-order valence-corrected chi connectivity index (χ3v) is 2.54. The summed E-state index contributed by atoms with van der Waals surface area (Å²) >= 11 is 3.38. The van der Waals surface area contributed by atoms with E-state index in [2.05, 4.69) is 33.4 Å². The highest BCUT2D eigenvalue weighted by molar-refractivity contribution is 9.10. The number of benzene rings is 1. The van der Waals surface area contributed by atoms with Crippen molar-refractivity contribution in [3.8, 4) is 0 Å². The average Bonchev–Trinajstić information content (AvgIpc) is 2.08. The fourth-order valence-corrected chi connectivity index (χ4v) is 1.59. The van der Waals surface area contributed by atoms with Crippen LogP contribution in [0.3, 0.4) is 0 Å². The van der Waals surface area contributed by atoms with Gasteiger partial charge in [-0.3, -0.25) is 4.79 Å². The molecule has 0 heterocycles. The van der Waals surface area contributed by atoms with Gasteiger partial charge in [-0.25, -0.2) is 0 Å². The smallest absolute Gasteiger partial charge is 0.207 e. The lowest BCUT2D eigenvalue weighted by atomic mass is 9.95. The van der Waals surface area contributed by atoms with Crippen molar-refractivity contribution in [3.63, 3.8) is 0 Å². The van der Waals surface area contributed by atoms with Crippen LogP contribution in [0.2, 0.25) is 0 Å². The lowest BCUT2D eigenvalue weighted by Gasteiger charge is -2.23. The lowest BCUT2D eigenvalue weighted by molar-refractivity contribution is -0.110. The maximum absolute atomic E-state index is 10.3. The Morgan fingerprint density at radius 1 is 1.36 bits per heavy atom. The molecule has 0 atom stereocenters. The molecule has 0 fully saturated rings. The second-order valence-electron chi connectivity index (χ2n) is 3.95. The topological polar surface area (TPSA) is 29.1 Å². The molecule has 0 aliphatic rings. The second kappa shape index (κ2) is 4.60. The molecule has 0 radical (unpaired) electrons. The summed E-state index contributed by atoms with van der Waals surface area (Å²) in [5.41, 5.74) is 1.03. The minimum absolute atomic E-state index is 0.185. The number of rotatable bonds is 4. The van der Waals surface area contributed by atoms with Crippen molar-refractivity contribution >= 4 is 22.3 Å². The van der Waals surface area contributed by atoms with Gasteiger partial charge in [0, 0.05) is 10.0 Å². The van der Waals surface area contributed by atoms with Gasteiger partial charge in [0.25, 0.3) is 0 Å². The van der Waals surface area contributed by atoms with Crippen LogP contribution in [0.1, 0.15) is 19.4 Å². The minimum Gasteiger partial charge on any atom is -0.353 e. The zero-order valence-corrected chi connectivity index (χ0v) is 9.97. The van der Waals surface area contributed by atoms with Crippen LogP contribution in [-0.2, 0) is 11.2 Å². The monoisotopic (exact) mass is 255 g/mol. The van der Waals surface area contributed by atoms with E-state index in [1.165, 1.54) is 5.56 Å². The third-order valence-electron chi connectivity index (χ3n) is 2.01. The van der Waals surface area contributed by atoms with E-state index in [1.807, 2.05) is 26.0 Å². The fourth-order valence-electron chi connectivity index (χ4n) is 1.32. The zero-order chi connectivity index (χ0) is 10.6. The first-order chi connectivity index (χ1) is 6.53. The Balaban J connectivity index is 2.68. The second-order valence-corrected chi connectivity index (χ2v) is 4.86. The standard InChI is InChI=1S/C11H14BrNO/c1-11(2,13-8-14)7-9-3-5-10(12)6-4-9/h3-6,8H,7H2,1-2H3,(H,13,14). The Kier molecular flexibility index (Phi) is 3.69. The number of nitrogens with one attached hydrogen (secondary N) is 1. The molecule has 14 heavy (non-hydrogen) atoms. The first kappa shape index (κ1) is 11.2. The third kappa shape index (κ3) is 3.50.